The average molecular weight is 466 g/mol. The number of aryl methyl sites for hydroxylation is 2. The number of aliphatic carboxylic acids is 1. The highest BCUT2D eigenvalue weighted by atomic mass is 16.5. The van der Waals surface area contributed by atoms with Crippen molar-refractivity contribution in [2.45, 2.75) is 57.3 Å². The Morgan fingerprint density at radius 2 is 2.06 bits per heavy atom. The molecule has 1 aromatic heterocycles. The molecular weight excluding hydrogens is 430 g/mol. The Labute approximate surface area is 201 Å². The van der Waals surface area contributed by atoms with E-state index in [1.165, 1.54) is 5.56 Å². The molecule has 0 spiro atoms. The molecule has 1 aromatic carbocycles. The smallest absolute Gasteiger partial charge is 0.303 e. The fourth-order valence-electron chi connectivity index (χ4n) is 5.17. The van der Waals surface area contributed by atoms with Gasteiger partial charge in [-0.1, -0.05) is 18.2 Å². The van der Waals surface area contributed by atoms with E-state index in [0.29, 0.717) is 18.8 Å². The van der Waals surface area contributed by atoms with Gasteiger partial charge in [0.1, 0.15) is 11.6 Å². The fourth-order valence-corrected chi connectivity index (χ4v) is 5.17. The molecule has 4 rings (SSSR count). The van der Waals surface area contributed by atoms with Gasteiger partial charge in [-0.15, -0.1) is 0 Å². The Balaban J connectivity index is 1.27. The second kappa shape index (κ2) is 11.4. The Bertz CT molecular complexity index is 1000. The molecule has 0 saturated carbocycles. The van der Waals surface area contributed by atoms with Crippen LogP contribution in [0.5, 0.6) is 5.75 Å². The number of rotatable bonds is 9. The molecule has 0 radical (unpaired) electrons. The van der Waals surface area contributed by atoms with E-state index in [4.69, 9.17) is 9.72 Å². The van der Waals surface area contributed by atoms with Crippen molar-refractivity contribution in [3.8, 4) is 5.75 Å². The summed E-state index contributed by atoms with van der Waals surface area (Å²) in [6.07, 6.45) is 6.07. The van der Waals surface area contributed by atoms with Crippen LogP contribution in [0.1, 0.15) is 61.3 Å². The molecule has 34 heavy (non-hydrogen) atoms. The van der Waals surface area contributed by atoms with E-state index in [1.807, 2.05) is 35.2 Å². The van der Waals surface area contributed by atoms with Crippen molar-refractivity contribution >= 4 is 17.7 Å². The standard InChI is InChI=1S/C27H35N3O4/c1-34-24-6-2-4-21(17-24)22(18-26(32)33)16-19-11-14-30(15-12-19)25(31)10-9-23-8-7-20-5-3-13-28-27(20)29-23/h2,4,6-8,17,19,22H,3,5,9-16,18H2,1H3,(H,28,29)(H,32,33). The zero-order chi connectivity index (χ0) is 23.9. The summed E-state index contributed by atoms with van der Waals surface area (Å²) in [4.78, 5) is 31.0. The molecular formula is C27H35N3O4. The van der Waals surface area contributed by atoms with Crippen molar-refractivity contribution in [1.29, 1.82) is 0 Å². The van der Waals surface area contributed by atoms with Gasteiger partial charge in [0.15, 0.2) is 0 Å². The van der Waals surface area contributed by atoms with Crippen LogP contribution in [-0.2, 0) is 22.4 Å². The number of ether oxygens (including phenoxy) is 1. The maximum Gasteiger partial charge on any atom is 0.303 e. The number of carbonyl (C=O) groups is 2. The van der Waals surface area contributed by atoms with Gasteiger partial charge in [0.25, 0.3) is 0 Å². The highest BCUT2D eigenvalue weighted by Crippen LogP contribution is 2.34. The lowest BCUT2D eigenvalue weighted by Crippen LogP contribution is -2.39. The fraction of sp³-hybridized carbons (Fsp3) is 0.519. The first-order valence-corrected chi connectivity index (χ1v) is 12.4. The maximum absolute atomic E-state index is 12.8. The zero-order valence-electron chi connectivity index (χ0n) is 20.0. The number of methoxy groups -OCH3 is 1. The molecule has 2 aromatic rings. The van der Waals surface area contributed by atoms with Crippen molar-refractivity contribution in [3.05, 3.63) is 53.2 Å². The first-order chi connectivity index (χ1) is 16.5. The molecule has 7 heteroatoms. The predicted molar refractivity (Wildman–Crippen MR) is 131 cm³/mol. The van der Waals surface area contributed by atoms with Crippen molar-refractivity contribution in [1.82, 2.24) is 9.88 Å². The second-order valence-corrected chi connectivity index (χ2v) is 9.47. The van der Waals surface area contributed by atoms with Crippen LogP contribution in [0.2, 0.25) is 0 Å². The number of piperidine rings is 1. The predicted octanol–water partition coefficient (Wildman–Crippen LogP) is 4.27. The van der Waals surface area contributed by atoms with Gasteiger partial charge >= 0.3 is 5.97 Å². The van der Waals surface area contributed by atoms with Gasteiger partial charge < -0.3 is 20.1 Å². The van der Waals surface area contributed by atoms with Crippen LogP contribution in [0, 0.1) is 5.92 Å². The van der Waals surface area contributed by atoms with Crippen LogP contribution in [0.4, 0.5) is 5.82 Å². The molecule has 0 bridgehead atoms. The normalized spacial score (nSPS) is 16.9. The number of hydrogen-bond acceptors (Lipinski definition) is 5. The van der Waals surface area contributed by atoms with Crippen molar-refractivity contribution < 1.29 is 19.4 Å². The number of carbonyl (C=O) groups excluding carboxylic acids is 1. The third-order valence-corrected chi connectivity index (χ3v) is 7.12. The van der Waals surface area contributed by atoms with E-state index in [-0.39, 0.29) is 18.2 Å². The molecule has 1 fully saturated rings. The van der Waals surface area contributed by atoms with E-state index >= 15 is 0 Å². The summed E-state index contributed by atoms with van der Waals surface area (Å²) >= 11 is 0. The maximum atomic E-state index is 12.8. The quantitative estimate of drug-likeness (QED) is 0.575. The number of pyridine rings is 1. The Morgan fingerprint density at radius 3 is 2.82 bits per heavy atom. The Morgan fingerprint density at radius 1 is 1.24 bits per heavy atom. The summed E-state index contributed by atoms with van der Waals surface area (Å²) in [6.45, 7) is 2.43. The van der Waals surface area contributed by atoms with Crippen molar-refractivity contribution in [2.24, 2.45) is 5.92 Å². The summed E-state index contributed by atoms with van der Waals surface area (Å²) in [5, 5.41) is 12.8. The SMILES string of the molecule is COc1cccc(C(CC(=O)O)CC2CCN(C(=O)CCc3ccc4c(n3)NCCC4)CC2)c1. The average Bonchev–Trinajstić information content (AvgIpc) is 2.87. The van der Waals surface area contributed by atoms with Crippen LogP contribution in [0.3, 0.4) is 0 Å². The zero-order valence-corrected chi connectivity index (χ0v) is 20.0. The molecule has 2 aliphatic heterocycles. The van der Waals surface area contributed by atoms with Crippen molar-refractivity contribution in [3.63, 3.8) is 0 Å². The lowest BCUT2D eigenvalue weighted by molar-refractivity contribution is -0.137. The number of amides is 1. The number of nitrogens with one attached hydrogen (secondary N) is 1. The number of nitrogens with zero attached hydrogens (tertiary/aromatic N) is 2. The van der Waals surface area contributed by atoms with E-state index in [0.717, 1.165) is 74.6 Å². The van der Waals surface area contributed by atoms with Gasteiger partial charge in [0.05, 0.1) is 13.5 Å². The van der Waals surface area contributed by atoms with Crippen LogP contribution >= 0.6 is 0 Å². The van der Waals surface area contributed by atoms with Crippen molar-refractivity contribution in [2.75, 3.05) is 32.1 Å². The highest BCUT2D eigenvalue weighted by molar-refractivity contribution is 5.76. The van der Waals surface area contributed by atoms with Crippen LogP contribution in [0.25, 0.3) is 0 Å². The summed E-state index contributed by atoms with van der Waals surface area (Å²) in [5.41, 5.74) is 3.23. The van der Waals surface area contributed by atoms with Crippen LogP contribution < -0.4 is 10.1 Å². The third kappa shape index (κ3) is 6.27. The molecule has 3 heterocycles. The Hall–Kier alpha value is -3.09. The molecule has 1 unspecified atom stereocenters. The highest BCUT2D eigenvalue weighted by Gasteiger charge is 2.27. The number of carboxylic acids is 1. The minimum atomic E-state index is -0.786. The van der Waals surface area contributed by atoms with Gasteiger partial charge in [0, 0.05) is 31.7 Å². The Kier molecular flexibility index (Phi) is 8.03. The van der Waals surface area contributed by atoms with Gasteiger partial charge in [-0.3, -0.25) is 9.59 Å². The van der Waals surface area contributed by atoms with Gasteiger partial charge in [0.2, 0.25) is 5.91 Å². The molecule has 2 N–H and O–H groups in total. The van der Waals surface area contributed by atoms with Gasteiger partial charge in [-0.25, -0.2) is 4.98 Å². The van der Waals surface area contributed by atoms with E-state index < -0.39 is 5.97 Å². The summed E-state index contributed by atoms with van der Waals surface area (Å²) in [5.74, 6) is 1.48. The number of benzene rings is 1. The minimum Gasteiger partial charge on any atom is -0.497 e. The second-order valence-electron chi connectivity index (χ2n) is 9.47. The lowest BCUT2D eigenvalue weighted by Gasteiger charge is -2.33. The first-order valence-electron chi connectivity index (χ1n) is 12.4. The summed E-state index contributed by atoms with van der Waals surface area (Å²) in [7, 11) is 1.62. The number of fused-ring (bicyclic) bond motifs is 1. The number of carboxylic acid groups (broad SMARTS) is 1. The topological polar surface area (TPSA) is 91.8 Å². The monoisotopic (exact) mass is 465 g/mol. The lowest BCUT2D eigenvalue weighted by atomic mass is 9.82. The molecule has 1 amide bonds. The van der Waals surface area contributed by atoms with Gasteiger partial charge in [-0.2, -0.15) is 0 Å². The number of aromatic nitrogens is 1. The molecule has 1 atom stereocenters. The largest absolute Gasteiger partial charge is 0.497 e. The number of likely N-dealkylation sites (tertiary alicyclic amines) is 1. The number of hydrogen-bond donors (Lipinski definition) is 2. The van der Waals surface area contributed by atoms with E-state index in [9.17, 15) is 14.7 Å². The molecule has 2 aliphatic rings. The molecule has 0 aliphatic carbocycles. The minimum absolute atomic E-state index is 0.0523. The van der Waals surface area contributed by atoms with Crippen LogP contribution in [-0.4, -0.2) is 53.6 Å². The molecule has 7 nitrogen and oxygen atoms in total. The van der Waals surface area contributed by atoms with Gasteiger partial charge in [-0.05, 0) is 79.7 Å². The number of anilines is 1. The first kappa shape index (κ1) is 24.0. The van der Waals surface area contributed by atoms with Crippen LogP contribution in [0.15, 0.2) is 36.4 Å². The van der Waals surface area contributed by atoms with E-state index in [1.54, 1.807) is 7.11 Å². The molecule has 182 valence electrons. The molecule has 1 saturated heterocycles. The summed E-state index contributed by atoms with van der Waals surface area (Å²) in [6, 6.07) is 11.9. The third-order valence-electron chi connectivity index (χ3n) is 7.12. The van der Waals surface area contributed by atoms with E-state index in [2.05, 4.69) is 11.4 Å². The summed E-state index contributed by atoms with van der Waals surface area (Å²) < 4.78 is 5.32.